The molecule has 6 aromatic carbocycles. The van der Waals surface area contributed by atoms with Gasteiger partial charge in [0.2, 0.25) is 10.8 Å². The van der Waals surface area contributed by atoms with Crippen LogP contribution in [0, 0.1) is 0 Å². The number of thiophene rings is 1. The van der Waals surface area contributed by atoms with Crippen LogP contribution in [0.25, 0.3) is 32.3 Å². The summed E-state index contributed by atoms with van der Waals surface area (Å²) in [4.78, 5) is 102. The lowest BCUT2D eigenvalue weighted by Crippen LogP contribution is -2.46. The zero-order chi connectivity index (χ0) is 55.0. The third-order valence-electron chi connectivity index (χ3n) is 13.8. The van der Waals surface area contributed by atoms with Gasteiger partial charge in [0.1, 0.15) is 35.1 Å². The molecule has 2 aliphatic heterocycles. The van der Waals surface area contributed by atoms with Gasteiger partial charge in [0, 0.05) is 33.3 Å². The van der Waals surface area contributed by atoms with Crippen molar-refractivity contribution >= 4 is 146 Å². The van der Waals surface area contributed by atoms with Crippen molar-refractivity contribution in [2.24, 2.45) is 9.98 Å². The highest BCUT2D eigenvalue weighted by molar-refractivity contribution is 8.35. The Balaban J connectivity index is 1.11. The number of carbonyl (C=O) groups is 6. The van der Waals surface area contributed by atoms with Crippen LogP contribution in [0.2, 0.25) is 0 Å². The van der Waals surface area contributed by atoms with E-state index in [2.05, 4.69) is 0 Å². The van der Waals surface area contributed by atoms with Gasteiger partial charge in [0.05, 0.1) is 11.4 Å². The molecule has 4 aliphatic rings. The van der Waals surface area contributed by atoms with Crippen LogP contribution in [0.1, 0.15) is 58.4 Å². The van der Waals surface area contributed by atoms with Crippen molar-refractivity contribution in [3.63, 3.8) is 0 Å². The molecule has 19 heteroatoms. The Morgan fingerprint density at radius 2 is 0.785 bits per heavy atom. The Morgan fingerprint density at radius 1 is 0.481 bits per heavy atom. The largest absolute Gasteiger partial charge is 0.459 e. The molecule has 394 valence electrons. The van der Waals surface area contributed by atoms with Crippen molar-refractivity contribution in [3.05, 3.63) is 201 Å². The number of ether oxygens (including phenoxy) is 4. The summed E-state index contributed by atoms with van der Waals surface area (Å²) in [6, 6.07) is 42.9. The molecule has 2 saturated heterocycles. The van der Waals surface area contributed by atoms with Gasteiger partial charge in [-0.1, -0.05) is 146 Å². The second kappa shape index (κ2) is 22.1. The average molecular weight is 1140 g/mol. The van der Waals surface area contributed by atoms with Crippen molar-refractivity contribution in [1.29, 1.82) is 0 Å². The third kappa shape index (κ3) is 9.58. The predicted molar refractivity (Wildman–Crippen MR) is 314 cm³/mol. The minimum atomic E-state index is -2.41. The maximum atomic E-state index is 15.4. The maximum absolute atomic E-state index is 15.4. The van der Waals surface area contributed by atoms with Gasteiger partial charge >= 0.3 is 23.9 Å². The van der Waals surface area contributed by atoms with Crippen LogP contribution in [-0.4, -0.2) is 77.3 Å². The van der Waals surface area contributed by atoms with E-state index >= 15 is 19.2 Å². The van der Waals surface area contributed by atoms with Gasteiger partial charge in [0.25, 0.3) is 11.8 Å². The second-order valence-corrected chi connectivity index (χ2v) is 22.8. The summed E-state index contributed by atoms with van der Waals surface area (Å²) in [5.74, 6) is -5.03. The summed E-state index contributed by atoms with van der Waals surface area (Å²) in [5, 5.41) is 0.930. The molecule has 7 aromatic rings. The van der Waals surface area contributed by atoms with Crippen LogP contribution in [0.4, 0.5) is 0 Å². The van der Waals surface area contributed by atoms with Crippen molar-refractivity contribution in [2.75, 3.05) is 13.1 Å². The molecule has 2 fully saturated rings. The Morgan fingerprint density at radius 3 is 1.06 bits per heavy atom. The monoisotopic (exact) mass is 1140 g/mol. The summed E-state index contributed by atoms with van der Waals surface area (Å²) in [5.41, 5.74) is -1.35. The number of thiocarbonyl (C=S) groups is 2. The Labute approximate surface area is 476 Å². The highest BCUT2D eigenvalue weighted by Gasteiger charge is 2.60. The lowest BCUT2D eigenvalue weighted by Gasteiger charge is -2.28. The Kier molecular flexibility index (Phi) is 14.8. The minimum Gasteiger partial charge on any atom is -0.459 e. The summed E-state index contributed by atoms with van der Waals surface area (Å²) in [6.45, 7) is 3.19. The number of hydrogen-bond acceptors (Lipinski definition) is 17. The highest BCUT2D eigenvalue weighted by atomic mass is 32.2. The van der Waals surface area contributed by atoms with Gasteiger partial charge in [-0.2, -0.15) is 0 Å². The Hall–Kier alpha value is -7.94. The molecule has 0 bridgehead atoms. The third-order valence-corrected chi connectivity index (χ3v) is 17.6. The van der Waals surface area contributed by atoms with Crippen molar-refractivity contribution < 1.29 is 47.7 Å². The van der Waals surface area contributed by atoms with E-state index in [1.807, 2.05) is 36.4 Å². The van der Waals surface area contributed by atoms with E-state index in [1.54, 1.807) is 135 Å². The molecule has 1 aromatic heterocycles. The lowest BCUT2D eigenvalue weighted by molar-refractivity contribution is -0.166. The fraction of sp³-hybridized carbons (Fsp3) is 0.167. The van der Waals surface area contributed by atoms with Gasteiger partial charge in [-0.3, -0.25) is 38.6 Å². The zero-order valence-electron chi connectivity index (χ0n) is 42.2. The van der Waals surface area contributed by atoms with Gasteiger partial charge in [-0.15, -0.1) is 11.3 Å². The second-order valence-electron chi connectivity index (χ2n) is 18.4. The average Bonchev–Trinajstić information content (AvgIpc) is 3.50. The van der Waals surface area contributed by atoms with Crippen LogP contribution in [0.5, 0.6) is 0 Å². The van der Waals surface area contributed by atoms with Gasteiger partial charge in [-0.25, -0.2) is 9.98 Å². The predicted octanol–water partition coefficient (Wildman–Crippen LogP) is 10.8. The van der Waals surface area contributed by atoms with Crippen LogP contribution >= 0.6 is 59.3 Å². The van der Waals surface area contributed by atoms with Crippen LogP contribution < -0.4 is 0 Å². The number of nitrogens with zero attached hydrogens (tertiary/aromatic N) is 4. The summed E-state index contributed by atoms with van der Waals surface area (Å²) < 4.78 is 26.4. The van der Waals surface area contributed by atoms with Crippen molar-refractivity contribution in [2.45, 2.75) is 51.1 Å². The molecule has 2 amide bonds. The number of fused-ring (bicyclic) bond motifs is 5. The highest BCUT2D eigenvalue weighted by Crippen LogP contribution is 2.52. The smallest absolute Gasteiger partial charge is 0.334 e. The number of esters is 4. The molecule has 14 nitrogen and oxygen atoms in total. The molecule has 0 atom stereocenters. The van der Waals surface area contributed by atoms with E-state index in [0.29, 0.717) is 53.6 Å². The van der Waals surface area contributed by atoms with E-state index in [9.17, 15) is 9.59 Å². The number of carbonyl (C=O) groups excluding carboxylic acids is 6. The number of aliphatic imine (C=N–C) groups is 2. The number of hydrogen-bond donors (Lipinski definition) is 0. The lowest BCUT2D eigenvalue weighted by atomic mass is 9.78. The quantitative estimate of drug-likeness (QED) is 0.0387. The molecule has 0 N–H and O–H groups in total. The molecule has 0 saturated carbocycles. The van der Waals surface area contributed by atoms with Crippen molar-refractivity contribution in [1.82, 2.24) is 9.80 Å². The van der Waals surface area contributed by atoms with Crippen LogP contribution in [0.3, 0.4) is 0 Å². The van der Waals surface area contributed by atoms with E-state index in [0.717, 1.165) is 23.5 Å². The van der Waals surface area contributed by atoms with Gasteiger partial charge < -0.3 is 18.9 Å². The van der Waals surface area contributed by atoms with E-state index in [4.69, 9.17) is 53.4 Å². The molecule has 2 aliphatic carbocycles. The first-order chi connectivity index (χ1) is 38.3. The molecule has 0 spiro atoms. The first-order valence-electron chi connectivity index (χ1n) is 24.9. The Bertz CT molecular complexity index is 3480. The zero-order valence-corrected chi connectivity index (χ0v) is 46.2. The normalized spacial score (nSPS) is 17.1. The topological polar surface area (TPSA) is 171 Å². The fourth-order valence-corrected chi connectivity index (χ4v) is 13.5. The summed E-state index contributed by atoms with van der Waals surface area (Å²) in [6.07, 6.45) is 3.17. The van der Waals surface area contributed by atoms with E-state index in [1.165, 1.54) is 21.1 Å². The summed E-state index contributed by atoms with van der Waals surface area (Å²) >= 11 is 14.4. The first kappa shape index (κ1) is 53.1. The SMILES string of the molecule is CCN1C(=O)C(=NC2=Cc3cc4sc5cc6c(cc5c4cc3C2(C(=O)OCc2ccccc2)C(=O)OCc2ccccc2)C(C(=O)OCc2ccccc2)(C(=O)OCc2ccccc2)C(N=C2SC(=S)N(CC)C2=O)=C6)SC1=S. The molecule has 0 radical (unpaired) electrons. The minimum absolute atomic E-state index is 0.0479. The van der Waals surface area contributed by atoms with Crippen molar-refractivity contribution in [3.8, 4) is 0 Å². The van der Waals surface area contributed by atoms with E-state index < -0.39 is 46.5 Å². The molecular weight excluding hydrogens is 1100 g/mol. The number of amides is 2. The van der Waals surface area contributed by atoms with Crippen LogP contribution in [-0.2, 0) is 85.0 Å². The number of rotatable bonds is 16. The number of thioether (sulfide) groups is 2. The molecule has 11 rings (SSSR count). The fourth-order valence-electron chi connectivity index (χ4n) is 9.82. The number of benzene rings is 6. The maximum Gasteiger partial charge on any atom is 0.334 e. The van der Waals surface area contributed by atoms with E-state index in [-0.39, 0.29) is 80.8 Å². The molecule has 79 heavy (non-hydrogen) atoms. The standard InChI is InChI=1S/C60H44N4O10S5/c1-3-63-51(65)49(78-57(63)75)61-47-27-39-25-45-41(29-43(39)59(47,53(67)71-31-35-17-9-5-10-18-35)54(68)72-32-36-19-11-6-12-20-36)42-30-44-40(26-46(42)77-45)28-48(62-50-52(66)64(4-2)58(76)79-50)60(44,55(69)73-33-37-21-13-7-14-22-37)56(70)74-34-38-23-15-8-16-24-38/h5-30H,3-4,31-34H2,1-2H3. The van der Waals surface area contributed by atoms with Crippen LogP contribution in [0.15, 0.2) is 167 Å². The molecule has 0 unspecified atom stereocenters. The molecular formula is C60H44N4O10S5. The van der Waals surface area contributed by atoms with Gasteiger partial charge in [0.15, 0.2) is 10.1 Å². The molecule has 3 heterocycles. The summed E-state index contributed by atoms with van der Waals surface area (Å²) in [7, 11) is 0. The first-order valence-corrected chi connectivity index (χ1v) is 28.2. The van der Waals surface area contributed by atoms with Gasteiger partial charge in [-0.05, 0) is 118 Å².